The topological polar surface area (TPSA) is 15.3 Å². The van der Waals surface area contributed by atoms with Gasteiger partial charge in [-0.15, -0.1) is 0 Å². The van der Waals surface area contributed by atoms with Gasteiger partial charge in [-0.3, -0.25) is 4.90 Å². The molecule has 2 rings (SSSR count). The van der Waals surface area contributed by atoms with Gasteiger partial charge in [-0.25, -0.2) is 8.78 Å². The predicted molar refractivity (Wildman–Crippen MR) is 73.0 cm³/mol. The third-order valence-electron chi connectivity index (χ3n) is 3.97. The summed E-state index contributed by atoms with van der Waals surface area (Å²) in [6.07, 6.45) is 2.56. The molecule has 4 heteroatoms. The zero-order chi connectivity index (χ0) is 14.0. The fourth-order valence-electron chi connectivity index (χ4n) is 2.30. The van der Waals surface area contributed by atoms with Crippen molar-refractivity contribution in [2.75, 3.05) is 13.6 Å². The largest absolute Gasteiger partial charge is 0.309 e. The number of likely N-dealkylation sites (N-methyl/N-ethyl adjacent to an activating group) is 1. The first-order chi connectivity index (χ1) is 8.99. The zero-order valence-electron chi connectivity index (χ0n) is 11.8. The highest BCUT2D eigenvalue weighted by Crippen LogP contribution is 2.27. The summed E-state index contributed by atoms with van der Waals surface area (Å²) in [6, 6.07) is 4.77. The van der Waals surface area contributed by atoms with Crippen molar-refractivity contribution in [2.24, 2.45) is 0 Å². The summed E-state index contributed by atoms with van der Waals surface area (Å²) in [7, 11) is 2.13. The van der Waals surface area contributed by atoms with Crippen LogP contribution in [0, 0.1) is 11.6 Å². The van der Waals surface area contributed by atoms with Crippen molar-refractivity contribution in [3.63, 3.8) is 0 Å². The minimum absolute atomic E-state index is 0.115. The van der Waals surface area contributed by atoms with Crippen LogP contribution in [0.15, 0.2) is 18.2 Å². The Morgan fingerprint density at radius 1 is 1.32 bits per heavy atom. The van der Waals surface area contributed by atoms with Gasteiger partial charge in [-0.1, -0.05) is 6.07 Å². The van der Waals surface area contributed by atoms with Gasteiger partial charge in [0.15, 0.2) is 0 Å². The predicted octanol–water partition coefficient (Wildman–Crippen LogP) is 3.10. The maximum atomic E-state index is 13.6. The lowest BCUT2D eigenvalue weighted by atomic mass is 10.1. The number of rotatable bonds is 6. The normalized spacial score (nSPS) is 18.6. The molecule has 0 heterocycles. The Hall–Kier alpha value is -1.00. The summed E-state index contributed by atoms with van der Waals surface area (Å²) >= 11 is 0. The van der Waals surface area contributed by atoms with Gasteiger partial charge < -0.3 is 5.32 Å². The molecule has 2 nitrogen and oxygen atoms in total. The number of hydrogen-bond acceptors (Lipinski definition) is 2. The van der Waals surface area contributed by atoms with E-state index < -0.39 is 11.6 Å². The Kier molecular flexibility index (Phi) is 4.53. The lowest BCUT2D eigenvalue weighted by Gasteiger charge is -2.26. The molecule has 1 aliphatic carbocycles. The summed E-state index contributed by atoms with van der Waals surface area (Å²) in [6.45, 7) is 4.87. The number of halogens is 2. The SMILES string of the molecule is CC(NCC(C)N(C)C1CC1)c1ccc(F)cc1F. The molecule has 106 valence electrons. The van der Waals surface area contributed by atoms with E-state index in [9.17, 15) is 8.78 Å². The molecule has 1 aromatic rings. The van der Waals surface area contributed by atoms with E-state index in [1.807, 2.05) is 6.92 Å². The minimum Gasteiger partial charge on any atom is -0.309 e. The van der Waals surface area contributed by atoms with Gasteiger partial charge in [0.05, 0.1) is 0 Å². The Labute approximate surface area is 113 Å². The summed E-state index contributed by atoms with van der Waals surface area (Å²) in [4.78, 5) is 2.36. The average Bonchev–Trinajstić information content (AvgIpc) is 3.18. The van der Waals surface area contributed by atoms with E-state index in [-0.39, 0.29) is 6.04 Å². The van der Waals surface area contributed by atoms with E-state index in [1.165, 1.54) is 25.0 Å². The molecule has 1 fully saturated rings. The van der Waals surface area contributed by atoms with Gasteiger partial charge in [-0.2, -0.15) is 0 Å². The van der Waals surface area contributed by atoms with Crippen molar-refractivity contribution in [2.45, 2.75) is 44.8 Å². The maximum Gasteiger partial charge on any atom is 0.130 e. The smallest absolute Gasteiger partial charge is 0.130 e. The van der Waals surface area contributed by atoms with E-state index in [4.69, 9.17) is 0 Å². The van der Waals surface area contributed by atoms with Crippen molar-refractivity contribution in [3.05, 3.63) is 35.4 Å². The highest BCUT2D eigenvalue weighted by molar-refractivity contribution is 5.21. The Morgan fingerprint density at radius 3 is 2.58 bits per heavy atom. The van der Waals surface area contributed by atoms with Crippen LogP contribution in [-0.4, -0.2) is 30.6 Å². The maximum absolute atomic E-state index is 13.6. The number of hydrogen-bond donors (Lipinski definition) is 1. The second kappa shape index (κ2) is 5.97. The molecule has 0 aromatic heterocycles. The first kappa shape index (κ1) is 14.4. The highest BCUT2D eigenvalue weighted by Gasteiger charge is 2.29. The highest BCUT2D eigenvalue weighted by atomic mass is 19.1. The van der Waals surface area contributed by atoms with Crippen LogP contribution in [0.4, 0.5) is 8.78 Å². The molecule has 0 amide bonds. The van der Waals surface area contributed by atoms with E-state index >= 15 is 0 Å². The van der Waals surface area contributed by atoms with E-state index in [0.717, 1.165) is 18.7 Å². The summed E-state index contributed by atoms with van der Waals surface area (Å²) in [5.74, 6) is -1.02. The Morgan fingerprint density at radius 2 is 2.00 bits per heavy atom. The Bertz CT molecular complexity index is 432. The van der Waals surface area contributed by atoms with Crippen LogP contribution >= 0.6 is 0 Å². The lowest BCUT2D eigenvalue weighted by molar-refractivity contribution is 0.236. The average molecular weight is 268 g/mol. The van der Waals surface area contributed by atoms with Gasteiger partial charge in [0.1, 0.15) is 11.6 Å². The quantitative estimate of drug-likeness (QED) is 0.853. The number of nitrogens with zero attached hydrogens (tertiary/aromatic N) is 1. The van der Waals surface area contributed by atoms with E-state index in [2.05, 4.69) is 24.2 Å². The van der Waals surface area contributed by atoms with Gasteiger partial charge in [-0.05, 0) is 39.8 Å². The van der Waals surface area contributed by atoms with Gasteiger partial charge in [0, 0.05) is 36.3 Å². The van der Waals surface area contributed by atoms with E-state index in [0.29, 0.717) is 11.6 Å². The molecule has 0 saturated heterocycles. The van der Waals surface area contributed by atoms with Crippen LogP contribution in [0.5, 0.6) is 0 Å². The van der Waals surface area contributed by atoms with Crippen LogP contribution in [-0.2, 0) is 0 Å². The molecule has 1 saturated carbocycles. The monoisotopic (exact) mass is 268 g/mol. The van der Waals surface area contributed by atoms with Gasteiger partial charge in [0.2, 0.25) is 0 Å². The summed E-state index contributed by atoms with van der Waals surface area (Å²) in [5, 5.41) is 3.32. The third-order valence-corrected chi connectivity index (χ3v) is 3.97. The molecule has 0 spiro atoms. The van der Waals surface area contributed by atoms with Crippen LogP contribution in [0.1, 0.15) is 38.3 Å². The molecule has 19 heavy (non-hydrogen) atoms. The van der Waals surface area contributed by atoms with Gasteiger partial charge >= 0.3 is 0 Å². The van der Waals surface area contributed by atoms with Crippen molar-refractivity contribution < 1.29 is 8.78 Å². The van der Waals surface area contributed by atoms with Crippen molar-refractivity contribution in [1.29, 1.82) is 0 Å². The summed E-state index contributed by atoms with van der Waals surface area (Å²) in [5.41, 5.74) is 0.516. The number of nitrogens with one attached hydrogen (secondary N) is 1. The lowest BCUT2D eigenvalue weighted by Crippen LogP contribution is -2.40. The zero-order valence-corrected chi connectivity index (χ0v) is 11.8. The third kappa shape index (κ3) is 3.74. The fraction of sp³-hybridized carbons (Fsp3) is 0.600. The first-order valence-electron chi connectivity index (χ1n) is 6.89. The summed E-state index contributed by atoms with van der Waals surface area (Å²) < 4.78 is 26.5. The van der Waals surface area contributed by atoms with Gasteiger partial charge in [0.25, 0.3) is 0 Å². The van der Waals surface area contributed by atoms with Crippen LogP contribution in [0.3, 0.4) is 0 Å². The molecular weight excluding hydrogens is 246 g/mol. The molecule has 0 radical (unpaired) electrons. The van der Waals surface area contributed by atoms with Crippen LogP contribution in [0.25, 0.3) is 0 Å². The molecule has 2 atom stereocenters. The van der Waals surface area contributed by atoms with E-state index in [1.54, 1.807) is 0 Å². The second-order valence-electron chi connectivity index (χ2n) is 5.54. The standard InChI is InChI=1S/C15H22F2N2/c1-10(19(3)13-5-6-13)9-18-11(2)14-7-4-12(16)8-15(14)17/h4,7-8,10-11,13,18H,5-6,9H2,1-3H3. The molecule has 1 aromatic carbocycles. The molecule has 1 aliphatic rings. The van der Waals surface area contributed by atoms with Crippen molar-refractivity contribution >= 4 is 0 Å². The number of benzene rings is 1. The molecule has 0 bridgehead atoms. The second-order valence-corrected chi connectivity index (χ2v) is 5.54. The van der Waals surface area contributed by atoms with Crippen LogP contribution in [0.2, 0.25) is 0 Å². The molecular formula is C15H22F2N2. The molecule has 2 unspecified atom stereocenters. The van der Waals surface area contributed by atoms with Crippen LogP contribution < -0.4 is 5.32 Å². The molecule has 0 aliphatic heterocycles. The minimum atomic E-state index is -0.532. The van der Waals surface area contributed by atoms with Crippen molar-refractivity contribution in [1.82, 2.24) is 10.2 Å². The van der Waals surface area contributed by atoms with Crippen molar-refractivity contribution in [3.8, 4) is 0 Å². The molecule has 1 N–H and O–H groups in total. The Balaban J connectivity index is 1.87. The fourth-order valence-corrected chi connectivity index (χ4v) is 2.30. The first-order valence-corrected chi connectivity index (χ1v) is 6.89.